The maximum absolute atomic E-state index is 12.6. The lowest BCUT2D eigenvalue weighted by Crippen LogP contribution is -2.33. The smallest absolute Gasteiger partial charge is 0.330 e. The second-order valence-electron chi connectivity index (χ2n) is 6.48. The van der Waals surface area contributed by atoms with Gasteiger partial charge in [-0.15, -0.1) is 0 Å². The number of hydrogen-bond donors (Lipinski definition) is 3. The number of nitrogens with one attached hydrogen (secondary N) is 3. The highest BCUT2D eigenvalue weighted by molar-refractivity contribution is 7.92. The second-order valence-corrected chi connectivity index (χ2v) is 8.57. The van der Waals surface area contributed by atoms with Gasteiger partial charge in [0, 0.05) is 17.8 Å². The molecule has 8 nitrogen and oxygen atoms in total. The summed E-state index contributed by atoms with van der Waals surface area (Å²) in [4.78, 5) is 23.0. The third kappa shape index (κ3) is 7.50. The van der Waals surface area contributed by atoms with Gasteiger partial charge >= 0.3 is 5.97 Å². The average molecular weight is 462 g/mol. The predicted octanol–water partition coefficient (Wildman–Crippen LogP) is 3.04. The van der Waals surface area contributed by atoms with E-state index >= 15 is 0 Å². The van der Waals surface area contributed by atoms with E-state index in [2.05, 4.69) is 20.1 Å². The van der Waals surface area contributed by atoms with E-state index in [1.54, 1.807) is 13.0 Å². The molecule has 0 saturated carbocycles. The SMILES string of the molecule is CCOC(=O)/C=C/C(=O)NC(=S)Nc1ccc(S(=O)(=O)Nc2ccc(C)cc2C)cc1. The number of amides is 1. The Morgan fingerprint density at radius 3 is 2.35 bits per heavy atom. The first-order chi connectivity index (χ1) is 14.6. The molecular weight excluding hydrogens is 438 g/mol. The van der Waals surface area contributed by atoms with Crippen molar-refractivity contribution in [3.05, 3.63) is 65.7 Å². The van der Waals surface area contributed by atoms with Crippen LogP contribution in [-0.4, -0.2) is 32.0 Å². The van der Waals surface area contributed by atoms with Crippen LogP contribution in [0.25, 0.3) is 0 Å². The van der Waals surface area contributed by atoms with Gasteiger partial charge in [0.1, 0.15) is 0 Å². The van der Waals surface area contributed by atoms with Gasteiger partial charge in [-0.2, -0.15) is 0 Å². The summed E-state index contributed by atoms with van der Waals surface area (Å²) in [5, 5.41) is 5.12. The lowest BCUT2D eigenvalue weighted by atomic mass is 10.1. The Hall–Kier alpha value is -3.24. The van der Waals surface area contributed by atoms with E-state index in [-0.39, 0.29) is 16.6 Å². The number of anilines is 2. The Labute approximate surface area is 186 Å². The van der Waals surface area contributed by atoms with E-state index in [0.29, 0.717) is 11.4 Å². The van der Waals surface area contributed by atoms with Crippen LogP contribution in [0.3, 0.4) is 0 Å². The van der Waals surface area contributed by atoms with E-state index in [1.165, 1.54) is 24.3 Å². The van der Waals surface area contributed by atoms with Crippen LogP contribution in [0.1, 0.15) is 18.1 Å². The molecule has 0 bridgehead atoms. The number of aryl methyl sites for hydroxylation is 2. The molecule has 0 fully saturated rings. The minimum absolute atomic E-state index is 0.0116. The summed E-state index contributed by atoms with van der Waals surface area (Å²) in [5.74, 6) is -1.25. The first kappa shape index (κ1) is 24.0. The van der Waals surface area contributed by atoms with Crippen LogP contribution in [-0.2, 0) is 24.3 Å². The number of carbonyl (C=O) groups excluding carboxylic acids is 2. The molecule has 0 aliphatic carbocycles. The van der Waals surface area contributed by atoms with E-state index in [0.717, 1.165) is 23.3 Å². The van der Waals surface area contributed by atoms with Crippen molar-refractivity contribution in [1.29, 1.82) is 0 Å². The minimum atomic E-state index is -3.77. The summed E-state index contributed by atoms with van der Waals surface area (Å²) >= 11 is 5.04. The van der Waals surface area contributed by atoms with Gasteiger partial charge in [0.2, 0.25) is 5.91 Å². The fourth-order valence-electron chi connectivity index (χ4n) is 2.50. The third-order valence-corrected chi connectivity index (χ3v) is 5.53. The molecule has 0 saturated heterocycles. The zero-order valence-electron chi connectivity index (χ0n) is 17.3. The third-order valence-electron chi connectivity index (χ3n) is 3.94. The van der Waals surface area contributed by atoms with Crippen LogP contribution in [0.15, 0.2) is 59.5 Å². The van der Waals surface area contributed by atoms with Crippen molar-refractivity contribution in [3.8, 4) is 0 Å². The van der Waals surface area contributed by atoms with Crippen molar-refractivity contribution in [3.63, 3.8) is 0 Å². The van der Waals surface area contributed by atoms with Crippen LogP contribution in [0.4, 0.5) is 11.4 Å². The molecule has 0 aromatic heterocycles. The van der Waals surface area contributed by atoms with Crippen molar-refractivity contribution in [2.45, 2.75) is 25.7 Å². The van der Waals surface area contributed by atoms with Gasteiger partial charge in [-0.25, -0.2) is 13.2 Å². The largest absolute Gasteiger partial charge is 0.463 e. The van der Waals surface area contributed by atoms with Gasteiger partial charge in [-0.1, -0.05) is 17.7 Å². The predicted molar refractivity (Wildman–Crippen MR) is 123 cm³/mol. The highest BCUT2D eigenvalue weighted by atomic mass is 32.2. The molecule has 0 radical (unpaired) electrons. The normalized spacial score (nSPS) is 11.1. The molecule has 10 heteroatoms. The van der Waals surface area contributed by atoms with Gasteiger partial charge in [-0.05, 0) is 68.9 Å². The molecule has 164 valence electrons. The molecule has 0 heterocycles. The first-order valence-corrected chi connectivity index (χ1v) is 11.2. The number of ether oxygens (including phenoxy) is 1. The summed E-state index contributed by atoms with van der Waals surface area (Å²) < 4.78 is 32.5. The molecule has 0 atom stereocenters. The number of esters is 1. The van der Waals surface area contributed by atoms with E-state index in [4.69, 9.17) is 12.2 Å². The molecular formula is C21H23N3O5S2. The number of carbonyl (C=O) groups is 2. The van der Waals surface area contributed by atoms with Crippen LogP contribution >= 0.6 is 12.2 Å². The fourth-order valence-corrected chi connectivity index (χ4v) is 3.85. The molecule has 2 aromatic rings. The lowest BCUT2D eigenvalue weighted by Gasteiger charge is -2.12. The summed E-state index contributed by atoms with van der Waals surface area (Å²) in [7, 11) is -3.77. The Kier molecular flexibility index (Phi) is 8.29. The average Bonchev–Trinajstić information content (AvgIpc) is 2.69. The van der Waals surface area contributed by atoms with Crippen molar-refractivity contribution in [1.82, 2.24) is 5.32 Å². The van der Waals surface area contributed by atoms with E-state index in [1.807, 2.05) is 26.0 Å². The summed E-state index contributed by atoms with van der Waals surface area (Å²) in [5.41, 5.74) is 2.84. The number of thiocarbonyl (C=S) groups is 1. The Bertz CT molecular complexity index is 1110. The first-order valence-electron chi connectivity index (χ1n) is 9.27. The summed E-state index contributed by atoms with van der Waals surface area (Å²) in [6.07, 6.45) is 1.99. The van der Waals surface area contributed by atoms with Gasteiger partial charge in [-0.3, -0.25) is 14.8 Å². The monoisotopic (exact) mass is 461 g/mol. The van der Waals surface area contributed by atoms with Crippen molar-refractivity contribution in [2.75, 3.05) is 16.6 Å². The zero-order valence-corrected chi connectivity index (χ0v) is 18.9. The molecule has 31 heavy (non-hydrogen) atoms. The highest BCUT2D eigenvalue weighted by Gasteiger charge is 2.15. The topological polar surface area (TPSA) is 114 Å². The molecule has 1 amide bonds. The maximum Gasteiger partial charge on any atom is 0.330 e. The van der Waals surface area contributed by atoms with Crippen molar-refractivity contribution >= 4 is 50.6 Å². The molecule has 2 rings (SSSR count). The molecule has 2 aromatic carbocycles. The molecule has 0 spiro atoms. The number of sulfonamides is 1. The minimum Gasteiger partial charge on any atom is -0.463 e. The Balaban J connectivity index is 1.98. The van der Waals surface area contributed by atoms with Crippen LogP contribution in [0.5, 0.6) is 0 Å². The molecule has 0 aliphatic rings. The summed E-state index contributed by atoms with van der Waals surface area (Å²) in [6.45, 7) is 5.62. The Morgan fingerprint density at radius 2 is 1.74 bits per heavy atom. The molecule has 3 N–H and O–H groups in total. The standard InChI is InChI=1S/C21H23N3O5S2/c1-4-29-20(26)12-11-19(25)23-21(30)22-16-6-8-17(9-7-16)31(27,28)24-18-10-5-14(2)13-15(18)3/h5-13,24H,4H2,1-3H3,(H2,22,23,25,30)/b12-11+. The number of hydrogen-bond acceptors (Lipinski definition) is 6. The van der Waals surface area contributed by atoms with Gasteiger partial charge < -0.3 is 10.1 Å². The number of rotatable bonds is 7. The second kappa shape index (κ2) is 10.7. The fraction of sp³-hybridized carbons (Fsp3) is 0.190. The van der Waals surface area contributed by atoms with Crippen LogP contribution < -0.4 is 15.4 Å². The Morgan fingerprint density at radius 1 is 1.06 bits per heavy atom. The maximum atomic E-state index is 12.6. The van der Waals surface area contributed by atoms with Gasteiger partial charge in [0.05, 0.1) is 17.2 Å². The quantitative estimate of drug-likeness (QED) is 0.330. The van der Waals surface area contributed by atoms with Gasteiger partial charge in [0.15, 0.2) is 5.11 Å². The van der Waals surface area contributed by atoms with E-state index < -0.39 is 21.9 Å². The summed E-state index contributed by atoms with van der Waals surface area (Å²) in [6, 6.07) is 11.3. The van der Waals surface area contributed by atoms with Crippen molar-refractivity contribution in [2.24, 2.45) is 0 Å². The van der Waals surface area contributed by atoms with Gasteiger partial charge in [0.25, 0.3) is 10.0 Å². The van der Waals surface area contributed by atoms with Crippen LogP contribution in [0, 0.1) is 13.8 Å². The van der Waals surface area contributed by atoms with Crippen molar-refractivity contribution < 1.29 is 22.7 Å². The zero-order chi connectivity index (χ0) is 23.0. The molecule has 0 unspecified atom stereocenters. The van der Waals surface area contributed by atoms with E-state index in [9.17, 15) is 18.0 Å². The van der Waals surface area contributed by atoms with Crippen LogP contribution in [0.2, 0.25) is 0 Å². The highest BCUT2D eigenvalue weighted by Crippen LogP contribution is 2.21. The lowest BCUT2D eigenvalue weighted by molar-refractivity contribution is -0.137. The number of benzene rings is 2. The molecule has 0 aliphatic heterocycles.